The maximum Gasteiger partial charge on any atom is 0.277 e. The number of halogens is 1. The van der Waals surface area contributed by atoms with E-state index in [9.17, 15) is 9.90 Å². The first-order chi connectivity index (χ1) is 11.6. The summed E-state index contributed by atoms with van der Waals surface area (Å²) < 4.78 is 1.54. The van der Waals surface area contributed by atoms with Crippen molar-refractivity contribution in [3.63, 3.8) is 0 Å². The van der Waals surface area contributed by atoms with Crippen LogP contribution >= 0.6 is 11.6 Å². The standard InChI is InChI=1S/C16H16ClN5O2/c1-10-7-14(20-19-10)16(24)18-15-9-13(21-22(15)5-6-23)11-3-2-4-12(17)8-11/h2-4,7-9,23H,5-6H2,1H3,(H,18,24)(H,19,20). The summed E-state index contributed by atoms with van der Waals surface area (Å²) in [7, 11) is 0. The molecule has 0 aliphatic carbocycles. The highest BCUT2D eigenvalue weighted by molar-refractivity contribution is 6.30. The van der Waals surface area contributed by atoms with Gasteiger partial charge in [0.15, 0.2) is 5.69 Å². The van der Waals surface area contributed by atoms with Gasteiger partial charge in [0.2, 0.25) is 0 Å². The Balaban J connectivity index is 1.90. The Morgan fingerprint density at radius 1 is 1.38 bits per heavy atom. The fourth-order valence-corrected chi connectivity index (χ4v) is 2.48. The molecular formula is C16H16ClN5O2. The minimum atomic E-state index is -0.351. The molecule has 0 radical (unpaired) electrons. The third-order valence-corrected chi connectivity index (χ3v) is 3.63. The van der Waals surface area contributed by atoms with Gasteiger partial charge < -0.3 is 10.4 Å². The van der Waals surface area contributed by atoms with Gasteiger partial charge in [-0.15, -0.1) is 0 Å². The number of carbonyl (C=O) groups is 1. The molecule has 7 nitrogen and oxygen atoms in total. The third kappa shape index (κ3) is 3.47. The smallest absolute Gasteiger partial charge is 0.277 e. The number of hydrogen-bond acceptors (Lipinski definition) is 4. The second-order valence-corrected chi connectivity index (χ2v) is 5.70. The van der Waals surface area contributed by atoms with E-state index in [0.29, 0.717) is 16.5 Å². The van der Waals surface area contributed by atoms with Crippen LogP contribution in [0, 0.1) is 6.92 Å². The topological polar surface area (TPSA) is 95.8 Å². The monoisotopic (exact) mass is 345 g/mol. The molecule has 8 heteroatoms. The van der Waals surface area contributed by atoms with Crippen molar-refractivity contribution in [2.45, 2.75) is 13.5 Å². The first kappa shape index (κ1) is 16.2. The number of hydrogen-bond donors (Lipinski definition) is 3. The van der Waals surface area contributed by atoms with Crippen molar-refractivity contribution in [1.29, 1.82) is 0 Å². The van der Waals surface area contributed by atoms with Crippen LogP contribution in [-0.2, 0) is 6.54 Å². The van der Waals surface area contributed by atoms with E-state index in [1.54, 1.807) is 24.3 Å². The Morgan fingerprint density at radius 3 is 2.88 bits per heavy atom. The number of rotatable bonds is 5. The molecule has 0 saturated heterocycles. The SMILES string of the molecule is Cc1cc(C(=O)Nc2cc(-c3cccc(Cl)c3)nn2CCO)n[nH]1. The molecule has 0 aliphatic heterocycles. The maximum absolute atomic E-state index is 12.3. The average molecular weight is 346 g/mol. The summed E-state index contributed by atoms with van der Waals surface area (Å²) >= 11 is 6.01. The lowest BCUT2D eigenvalue weighted by molar-refractivity contribution is 0.102. The van der Waals surface area contributed by atoms with Gasteiger partial charge in [0.25, 0.3) is 5.91 Å². The van der Waals surface area contributed by atoms with Crippen molar-refractivity contribution < 1.29 is 9.90 Å². The van der Waals surface area contributed by atoms with E-state index in [0.717, 1.165) is 11.3 Å². The van der Waals surface area contributed by atoms with Crippen molar-refractivity contribution in [2.24, 2.45) is 0 Å². The third-order valence-electron chi connectivity index (χ3n) is 3.39. The fraction of sp³-hybridized carbons (Fsp3) is 0.188. The van der Waals surface area contributed by atoms with Crippen LogP contribution in [0.25, 0.3) is 11.3 Å². The average Bonchev–Trinajstić information content (AvgIpc) is 3.15. The van der Waals surface area contributed by atoms with E-state index in [2.05, 4.69) is 20.6 Å². The number of aryl methyl sites for hydroxylation is 1. The van der Waals surface area contributed by atoms with Gasteiger partial charge in [-0.3, -0.25) is 9.89 Å². The molecule has 1 amide bonds. The van der Waals surface area contributed by atoms with E-state index >= 15 is 0 Å². The number of aromatic nitrogens is 4. The zero-order valence-corrected chi connectivity index (χ0v) is 13.7. The fourth-order valence-electron chi connectivity index (χ4n) is 2.29. The van der Waals surface area contributed by atoms with Crippen LogP contribution in [0.5, 0.6) is 0 Å². The summed E-state index contributed by atoms with van der Waals surface area (Å²) in [5, 5.41) is 23.6. The van der Waals surface area contributed by atoms with Crippen molar-refractivity contribution in [3.05, 3.63) is 52.8 Å². The van der Waals surface area contributed by atoms with Crippen LogP contribution in [0.4, 0.5) is 5.82 Å². The molecule has 0 unspecified atom stereocenters. The van der Waals surface area contributed by atoms with Crippen molar-refractivity contribution in [3.8, 4) is 11.3 Å². The van der Waals surface area contributed by atoms with Gasteiger partial charge in [0.1, 0.15) is 5.82 Å². The molecule has 3 N–H and O–H groups in total. The predicted molar refractivity (Wildman–Crippen MR) is 91.0 cm³/mol. The molecule has 24 heavy (non-hydrogen) atoms. The molecule has 0 atom stereocenters. The van der Waals surface area contributed by atoms with Crippen LogP contribution in [0.3, 0.4) is 0 Å². The molecule has 124 valence electrons. The predicted octanol–water partition coefficient (Wildman–Crippen LogP) is 2.48. The summed E-state index contributed by atoms with van der Waals surface area (Å²) in [5.74, 6) is 0.126. The molecule has 1 aromatic carbocycles. The number of carbonyl (C=O) groups excluding carboxylic acids is 1. The summed E-state index contributed by atoms with van der Waals surface area (Å²) in [6, 6.07) is 10.7. The van der Waals surface area contributed by atoms with Gasteiger partial charge in [-0.1, -0.05) is 23.7 Å². The van der Waals surface area contributed by atoms with E-state index in [1.165, 1.54) is 4.68 Å². The number of nitrogens with zero attached hydrogens (tertiary/aromatic N) is 3. The Bertz CT molecular complexity index is 871. The Kier molecular flexibility index (Phi) is 4.64. The number of aromatic amines is 1. The first-order valence-electron chi connectivity index (χ1n) is 7.35. The van der Waals surface area contributed by atoms with Crippen LogP contribution in [-0.4, -0.2) is 37.6 Å². The van der Waals surface area contributed by atoms with Gasteiger partial charge >= 0.3 is 0 Å². The number of nitrogens with one attached hydrogen (secondary N) is 2. The van der Waals surface area contributed by atoms with Crippen LogP contribution < -0.4 is 5.32 Å². The zero-order valence-electron chi connectivity index (χ0n) is 13.0. The molecule has 0 fully saturated rings. The Labute approximate surface area is 143 Å². The molecule has 0 bridgehead atoms. The molecule has 0 spiro atoms. The largest absolute Gasteiger partial charge is 0.394 e. The lowest BCUT2D eigenvalue weighted by atomic mass is 10.1. The second kappa shape index (κ2) is 6.86. The Morgan fingerprint density at radius 2 is 2.21 bits per heavy atom. The summed E-state index contributed by atoms with van der Waals surface area (Å²) in [4.78, 5) is 12.3. The molecular weight excluding hydrogens is 330 g/mol. The van der Waals surface area contributed by atoms with Crippen LogP contribution in [0.2, 0.25) is 5.02 Å². The van der Waals surface area contributed by atoms with Gasteiger partial charge in [0, 0.05) is 22.3 Å². The molecule has 3 rings (SSSR count). The molecule has 0 saturated carbocycles. The van der Waals surface area contributed by atoms with E-state index < -0.39 is 0 Å². The van der Waals surface area contributed by atoms with Crippen molar-refractivity contribution in [2.75, 3.05) is 11.9 Å². The van der Waals surface area contributed by atoms with Crippen LogP contribution in [0.1, 0.15) is 16.2 Å². The van der Waals surface area contributed by atoms with E-state index in [4.69, 9.17) is 11.6 Å². The first-order valence-corrected chi connectivity index (χ1v) is 7.72. The maximum atomic E-state index is 12.3. The number of anilines is 1. The Hall–Kier alpha value is -2.64. The number of aliphatic hydroxyl groups excluding tert-OH is 1. The van der Waals surface area contributed by atoms with Gasteiger partial charge in [0.05, 0.1) is 18.8 Å². The van der Waals surface area contributed by atoms with Gasteiger partial charge in [-0.25, -0.2) is 4.68 Å². The highest BCUT2D eigenvalue weighted by Gasteiger charge is 2.15. The summed E-state index contributed by atoms with van der Waals surface area (Å²) in [5.41, 5.74) is 2.56. The summed E-state index contributed by atoms with van der Waals surface area (Å²) in [6.45, 7) is 1.98. The lowest BCUT2D eigenvalue weighted by Gasteiger charge is -2.05. The van der Waals surface area contributed by atoms with Gasteiger partial charge in [-0.05, 0) is 25.1 Å². The summed E-state index contributed by atoms with van der Waals surface area (Å²) in [6.07, 6.45) is 0. The number of aliphatic hydroxyl groups is 1. The quantitative estimate of drug-likeness (QED) is 0.662. The second-order valence-electron chi connectivity index (χ2n) is 5.26. The van der Waals surface area contributed by atoms with Crippen LogP contribution in [0.15, 0.2) is 36.4 Å². The molecule has 2 aromatic heterocycles. The lowest BCUT2D eigenvalue weighted by Crippen LogP contribution is -2.17. The molecule has 0 aliphatic rings. The number of amides is 1. The minimum absolute atomic E-state index is 0.0962. The molecule has 2 heterocycles. The minimum Gasteiger partial charge on any atom is -0.394 e. The highest BCUT2D eigenvalue weighted by Crippen LogP contribution is 2.24. The van der Waals surface area contributed by atoms with Crippen molar-refractivity contribution in [1.82, 2.24) is 20.0 Å². The molecule has 3 aromatic rings. The normalized spacial score (nSPS) is 10.8. The number of benzene rings is 1. The van der Waals surface area contributed by atoms with Gasteiger partial charge in [-0.2, -0.15) is 10.2 Å². The van der Waals surface area contributed by atoms with Crippen molar-refractivity contribution >= 4 is 23.3 Å². The number of H-pyrrole nitrogens is 1. The zero-order chi connectivity index (χ0) is 17.1. The van der Waals surface area contributed by atoms with E-state index in [1.807, 2.05) is 19.1 Å². The highest BCUT2D eigenvalue weighted by atomic mass is 35.5. The van der Waals surface area contributed by atoms with E-state index in [-0.39, 0.29) is 24.8 Å².